The lowest BCUT2D eigenvalue weighted by Crippen LogP contribution is -2.16. The van der Waals surface area contributed by atoms with Crippen LogP contribution in [0.5, 0.6) is 0 Å². The Morgan fingerprint density at radius 3 is 3.07 bits per heavy atom. The fourth-order valence-corrected chi connectivity index (χ4v) is 2.07. The minimum absolute atomic E-state index is 0.174. The Morgan fingerprint density at radius 2 is 2.47 bits per heavy atom. The zero-order chi connectivity index (χ0) is 11.3. The van der Waals surface area contributed by atoms with Crippen molar-refractivity contribution in [1.82, 2.24) is 14.8 Å². The van der Waals surface area contributed by atoms with Gasteiger partial charge in [0.1, 0.15) is 0 Å². The van der Waals surface area contributed by atoms with Gasteiger partial charge in [0.05, 0.1) is 5.84 Å². The van der Waals surface area contributed by atoms with E-state index in [0.29, 0.717) is 18.1 Å². The summed E-state index contributed by atoms with van der Waals surface area (Å²) in [6.07, 6.45) is 1.42. The third-order valence-corrected chi connectivity index (χ3v) is 2.92. The summed E-state index contributed by atoms with van der Waals surface area (Å²) in [6.45, 7) is 2.51. The molecule has 1 rings (SSSR count). The van der Waals surface area contributed by atoms with Crippen molar-refractivity contribution >= 4 is 17.6 Å². The number of hydrogen-bond acceptors (Lipinski definition) is 4. The monoisotopic (exact) mass is 229 g/mol. The van der Waals surface area contributed by atoms with Gasteiger partial charge in [-0.25, -0.2) is 9.89 Å². The minimum Gasteiger partial charge on any atom is -0.388 e. The van der Waals surface area contributed by atoms with Crippen molar-refractivity contribution < 1.29 is 0 Å². The predicted molar refractivity (Wildman–Crippen MR) is 60.4 cm³/mol. The molecule has 0 aliphatic rings. The number of aromatic amines is 1. The Hall–Kier alpha value is -1.24. The molecule has 0 aromatic carbocycles. The fraction of sp³-hybridized carbons (Fsp3) is 0.625. The zero-order valence-corrected chi connectivity index (χ0v) is 9.43. The molecule has 84 valence electrons. The normalized spacial score (nSPS) is 10.5. The van der Waals surface area contributed by atoms with Gasteiger partial charge in [-0.1, -0.05) is 11.8 Å². The van der Waals surface area contributed by atoms with Crippen LogP contribution in [-0.4, -0.2) is 26.4 Å². The molecular formula is C8H15N5OS. The van der Waals surface area contributed by atoms with Gasteiger partial charge in [0.25, 0.3) is 0 Å². The number of nitrogens with two attached hydrogens (primary N) is 1. The van der Waals surface area contributed by atoms with Crippen molar-refractivity contribution in [3.05, 3.63) is 10.5 Å². The maximum Gasteiger partial charge on any atom is 0.343 e. The van der Waals surface area contributed by atoms with Crippen LogP contribution in [0.1, 0.15) is 19.8 Å². The van der Waals surface area contributed by atoms with Crippen LogP contribution in [-0.2, 0) is 6.54 Å². The van der Waals surface area contributed by atoms with E-state index in [2.05, 4.69) is 10.2 Å². The van der Waals surface area contributed by atoms with Gasteiger partial charge in [-0.15, -0.1) is 5.10 Å². The van der Waals surface area contributed by atoms with Crippen molar-refractivity contribution in [2.24, 2.45) is 5.73 Å². The Morgan fingerprint density at radius 1 is 1.73 bits per heavy atom. The molecule has 6 nitrogen and oxygen atoms in total. The van der Waals surface area contributed by atoms with E-state index < -0.39 is 0 Å². The zero-order valence-electron chi connectivity index (χ0n) is 8.62. The molecule has 1 aromatic rings. The lowest BCUT2D eigenvalue weighted by atomic mass is 10.3. The average molecular weight is 229 g/mol. The summed E-state index contributed by atoms with van der Waals surface area (Å²) in [6, 6.07) is 0. The van der Waals surface area contributed by atoms with Crippen LogP contribution < -0.4 is 11.4 Å². The van der Waals surface area contributed by atoms with Gasteiger partial charge in [-0.05, 0) is 13.3 Å². The number of H-pyrrole nitrogens is 1. The topological polar surface area (TPSA) is 101 Å². The van der Waals surface area contributed by atoms with E-state index in [1.807, 2.05) is 6.92 Å². The summed E-state index contributed by atoms with van der Waals surface area (Å²) in [7, 11) is 0. The molecule has 0 unspecified atom stereocenters. The van der Waals surface area contributed by atoms with Crippen molar-refractivity contribution in [1.29, 1.82) is 5.41 Å². The summed E-state index contributed by atoms with van der Waals surface area (Å²) in [5.41, 5.74) is 5.05. The highest BCUT2D eigenvalue weighted by atomic mass is 32.2. The first-order chi connectivity index (χ1) is 7.15. The third kappa shape index (κ3) is 3.43. The van der Waals surface area contributed by atoms with Gasteiger partial charge >= 0.3 is 5.69 Å². The van der Waals surface area contributed by atoms with Crippen LogP contribution in [0.3, 0.4) is 0 Å². The third-order valence-electron chi connectivity index (χ3n) is 1.86. The molecule has 0 fully saturated rings. The number of amidine groups is 1. The van der Waals surface area contributed by atoms with Crippen LogP contribution in [0, 0.1) is 5.41 Å². The summed E-state index contributed by atoms with van der Waals surface area (Å²) < 4.78 is 1.58. The molecule has 0 saturated carbocycles. The SMILES string of the molecule is CCn1c(SCCCC(=N)N)n[nH]c1=O. The number of rotatable bonds is 6. The van der Waals surface area contributed by atoms with Crippen LogP contribution in [0.25, 0.3) is 0 Å². The summed E-state index contributed by atoms with van der Waals surface area (Å²) >= 11 is 1.50. The Labute approximate surface area is 91.8 Å². The van der Waals surface area contributed by atoms with Crippen molar-refractivity contribution in [2.75, 3.05) is 5.75 Å². The smallest absolute Gasteiger partial charge is 0.343 e. The fourth-order valence-electron chi connectivity index (χ4n) is 1.12. The van der Waals surface area contributed by atoms with Crippen molar-refractivity contribution in [3.63, 3.8) is 0 Å². The molecule has 0 radical (unpaired) electrons. The lowest BCUT2D eigenvalue weighted by Gasteiger charge is -2.01. The van der Waals surface area contributed by atoms with Gasteiger partial charge in [0.15, 0.2) is 5.16 Å². The number of aromatic nitrogens is 3. The Kier molecular flexibility index (Phi) is 4.41. The Bertz CT molecular complexity index is 383. The molecule has 0 atom stereocenters. The first-order valence-electron chi connectivity index (χ1n) is 4.76. The van der Waals surface area contributed by atoms with Crippen molar-refractivity contribution in [2.45, 2.75) is 31.5 Å². The predicted octanol–water partition coefficient (Wildman–Crippen LogP) is 0.400. The van der Waals surface area contributed by atoms with Gasteiger partial charge in [0.2, 0.25) is 0 Å². The number of thioether (sulfide) groups is 1. The summed E-state index contributed by atoms with van der Waals surface area (Å²) in [5, 5.41) is 14.1. The number of nitrogens with one attached hydrogen (secondary N) is 2. The molecule has 15 heavy (non-hydrogen) atoms. The van der Waals surface area contributed by atoms with E-state index in [1.54, 1.807) is 4.57 Å². The van der Waals surface area contributed by atoms with Gasteiger partial charge < -0.3 is 5.73 Å². The first-order valence-corrected chi connectivity index (χ1v) is 5.74. The standard InChI is InChI=1S/C8H15N5OS/c1-2-13-7(14)11-12-8(13)15-5-3-4-6(9)10/h2-5H2,1H3,(H3,9,10)(H,11,14). The lowest BCUT2D eigenvalue weighted by molar-refractivity contribution is 0.660. The molecule has 0 saturated heterocycles. The second kappa shape index (κ2) is 5.59. The molecular weight excluding hydrogens is 214 g/mol. The maximum atomic E-state index is 11.2. The highest BCUT2D eigenvalue weighted by Crippen LogP contribution is 2.14. The summed E-state index contributed by atoms with van der Waals surface area (Å²) in [5.74, 6) is 1.01. The molecule has 0 aliphatic heterocycles. The van der Waals surface area contributed by atoms with Crippen LogP contribution >= 0.6 is 11.8 Å². The second-order valence-electron chi connectivity index (χ2n) is 3.03. The quantitative estimate of drug-likeness (QED) is 0.284. The van der Waals surface area contributed by atoms with Gasteiger partial charge in [-0.2, -0.15) is 0 Å². The van der Waals surface area contributed by atoms with E-state index in [0.717, 1.165) is 12.2 Å². The molecule has 4 N–H and O–H groups in total. The molecule has 0 bridgehead atoms. The van der Waals surface area contributed by atoms with Crippen molar-refractivity contribution in [3.8, 4) is 0 Å². The van der Waals surface area contributed by atoms with Gasteiger partial charge in [-0.3, -0.25) is 9.98 Å². The molecule has 1 aromatic heterocycles. The molecule has 0 amide bonds. The maximum absolute atomic E-state index is 11.2. The highest BCUT2D eigenvalue weighted by molar-refractivity contribution is 7.99. The minimum atomic E-state index is -0.174. The van der Waals surface area contributed by atoms with Crippen LogP contribution in [0.2, 0.25) is 0 Å². The van der Waals surface area contributed by atoms with E-state index >= 15 is 0 Å². The van der Waals surface area contributed by atoms with Gasteiger partial charge in [0, 0.05) is 18.7 Å². The van der Waals surface area contributed by atoms with E-state index in [1.165, 1.54) is 11.8 Å². The Balaban J connectivity index is 2.43. The molecule has 7 heteroatoms. The number of nitrogens with zero attached hydrogens (tertiary/aromatic N) is 2. The van der Waals surface area contributed by atoms with Crippen LogP contribution in [0.4, 0.5) is 0 Å². The van der Waals surface area contributed by atoms with Crippen LogP contribution in [0.15, 0.2) is 9.95 Å². The number of hydrogen-bond donors (Lipinski definition) is 3. The largest absolute Gasteiger partial charge is 0.388 e. The second-order valence-corrected chi connectivity index (χ2v) is 4.09. The molecule has 0 aliphatic carbocycles. The first kappa shape index (κ1) is 11.8. The van der Waals surface area contributed by atoms with E-state index in [9.17, 15) is 4.79 Å². The molecule has 0 spiro atoms. The van der Waals surface area contributed by atoms with E-state index in [4.69, 9.17) is 11.1 Å². The highest BCUT2D eigenvalue weighted by Gasteiger charge is 2.06. The van der Waals surface area contributed by atoms with E-state index in [-0.39, 0.29) is 11.5 Å². The molecule has 1 heterocycles. The average Bonchev–Trinajstić information content (AvgIpc) is 2.53. The summed E-state index contributed by atoms with van der Waals surface area (Å²) in [4.78, 5) is 11.2.